The van der Waals surface area contributed by atoms with Crippen LogP contribution in [0.4, 0.5) is 0 Å². The molecular formula is C9H14N2O. The Morgan fingerprint density at radius 1 is 1.33 bits per heavy atom. The second-order valence-electron chi connectivity index (χ2n) is 3.93. The van der Waals surface area contributed by atoms with Crippen molar-refractivity contribution in [2.45, 2.75) is 26.2 Å². The van der Waals surface area contributed by atoms with E-state index in [-0.39, 0.29) is 11.0 Å². The smallest absolute Gasteiger partial charge is 0.266 e. The molecule has 0 unspecified atom stereocenters. The van der Waals surface area contributed by atoms with Gasteiger partial charge in [0, 0.05) is 18.5 Å². The highest BCUT2D eigenvalue weighted by atomic mass is 16.1. The summed E-state index contributed by atoms with van der Waals surface area (Å²) >= 11 is 0. The molecule has 0 aliphatic heterocycles. The maximum Gasteiger partial charge on any atom is 0.266 e. The number of rotatable bonds is 0. The van der Waals surface area contributed by atoms with Crippen molar-refractivity contribution in [3.05, 3.63) is 28.2 Å². The average Bonchev–Trinajstić information content (AvgIpc) is 1.92. The molecule has 66 valence electrons. The summed E-state index contributed by atoms with van der Waals surface area (Å²) in [6, 6.07) is 3.33. The molecule has 0 saturated carbocycles. The van der Waals surface area contributed by atoms with Gasteiger partial charge in [-0.15, -0.1) is 0 Å². The minimum Gasteiger partial charge on any atom is -0.268 e. The van der Waals surface area contributed by atoms with Crippen LogP contribution in [0.15, 0.2) is 16.9 Å². The van der Waals surface area contributed by atoms with E-state index >= 15 is 0 Å². The summed E-state index contributed by atoms with van der Waals surface area (Å²) in [7, 11) is 1.66. The van der Waals surface area contributed by atoms with Crippen molar-refractivity contribution < 1.29 is 0 Å². The molecule has 1 heterocycles. The maximum absolute atomic E-state index is 11.0. The van der Waals surface area contributed by atoms with Crippen LogP contribution in [-0.2, 0) is 12.5 Å². The summed E-state index contributed by atoms with van der Waals surface area (Å²) in [6.07, 6.45) is 0. The van der Waals surface area contributed by atoms with Gasteiger partial charge in [-0.05, 0) is 6.07 Å². The van der Waals surface area contributed by atoms with E-state index in [4.69, 9.17) is 0 Å². The third-order valence-electron chi connectivity index (χ3n) is 1.73. The third kappa shape index (κ3) is 1.72. The van der Waals surface area contributed by atoms with E-state index in [0.717, 1.165) is 5.69 Å². The van der Waals surface area contributed by atoms with Gasteiger partial charge in [-0.2, -0.15) is 5.10 Å². The van der Waals surface area contributed by atoms with Gasteiger partial charge in [0.15, 0.2) is 0 Å². The van der Waals surface area contributed by atoms with Crippen LogP contribution in [0.5, 0.6) is 0 Å². The summed E-state index contributed by atoms with van der Waals surface area (Å²) in [5.74, 6) is 0. The first-order chi connectivity index (χ1) is 5.41. The van der Waals surface area contributed by atoms with Crippen LogP contribution >= 0.6 is 0 Å². The number of hydrogen-bond donors (Lipinski definition) is 0. The molecule has 3 nitrogen and oxygen atoms in total. The van der Waals surface area contributed by atoms with Crippen molar-refractivity contribution in [3.63, 3.8) is 0 Å². The first-order valence-corrected chi connectivity index (χ1v) is 3.96. The molecule has 1 aromatic heterocycles. The molecule has 1 aromatic rings. The van der Waals surface area contributed by atoms with Gasteiger partial charge in [-0.1, -0.05) is 20.8 Å². The van der Waals surface area contributed by atoms with Gasteiger partial charge in [0.05, 0.1) is 5.69 Å². The fraction of sp³-hybridized carbons (Fsp3) is 0.556. The Labute approximate surface area is 72.0 Å². The van der Waals surface area contributed by atoms with Crippen LogP contribution in [0.3, 0.4) is 0 Å². The Morgan fingerprint density at radius 3 is 2.33 bits per heavy atom. The fourth-order valence-corrected chi connectivity index (χ4v) is 0.902. The topological polar surface area (TPSA) is 34.9 Å². The van der Waals surface area contributed by atoms with Crippen LogP contribution in [-0.4, -0.2) is 9.78 Å². The SMILES string of the molecule is Cn1nc(C(C)(C)C)ccc1=O. The van der Waals surface area contributed by atoms with E-state index in [1.54, 1.807) is 19.2 Å². The van der Waals surface area contributed by atoms with Crippen molar-refractivity contribution >= 4 is 0 Å². The van der Waals surface area contributed by atoms with Gasteiger partial charge in [-0.3, -0.25) is 4.79 Å². The molecular weight excluding hydrogens is 152 g/mol. The molecule has 0 atom stereocenters. The molecule has 0 spiro atoms. The lowest BCUT2D eigenvalue weighted by molar-refractivity contribution is 0.531. The zero-order valence-corrected chi connectivity index (χ0v) is 7.96. The second kappa shape index (κ2) is 2.73. The normalized spacial score (nSPS) is 11.7. The predicted octanol–water partition coefficient (Wildman–Crippen LogP) is 1.08. The van der Waals surface area contributed by atoms with Crippen LogP contribution in [0.2, 0.25) is 0 Å². The molecule has 0 radical (unpaired) electrons. The number of nitrogens with zero attached hydrogens (tertiary/aromatic N) is 2. The van der Waals surface area contributed by atoms with E-state index in [1.807, 2.05) is 0 Å². The summed E-state index contributed by atoms with van der Waals surface area (Å²) in [5.41, 5.74) is 0.874. The first kappa shape index (κ1) is 8.97. The Bertz CT molecular complexity index is 333. The van der Waals surface area contributed by atoms with Gasteiger partial charge >= 0.3 is 0 Å². The van der Waals surface area contributed by atoms with E-state index in [2.05, 4.69) is 25.9 Å². The zero-order chi connectivity index (χ0) is 9.35. The fourth-order valence-electron chi connectivity index (χ4n) is 0.902. The van der Waals surface area contributed by atoms with Gasteiger partial charge in [0.2, 0.25) is 0 Å². The van der Waals surface area contributed by atoms with Crippen molar-refractivity contribution in [2.24, 2.45) is 7.05 Å². The molecule has 0 N–H and O–H groups in total. The molecule has 0 aliphatic rings. The highest BCUT2D eigenvalue weighted by molar-refractivity contribution is 5.10. The van der Waals surface area contributed by atoms with Crippen LogP contribution in [0.1, 0.15) is 26.5 Å². The van der Waals surface area contributed by atoms with Gasteiger partial charge in [0.1, 0.15) is 0 Å². The monoisotopic (exact) mass is 166 g/mol. The van der Waals surface area contributed by atoms with Crippen LogP contribution in [0, 0.1) is 0 Å². The Kier molecular flexibility index (Phi) is 2.04. The Hall–Kier alpha value is -1.12. The highest BCUT2D eigenvalue weighted by Gasteiger charge is 2.15. The molecule has 0 bridgehead atoms. The standard InChI is InChI=1S/C9H14N2O/c1-9(2,3)7-5-6-8(12)11(4)10-7/h5-6H,1-4H3. The summed E-state index contributed by atoms with van der Waals surface area (Å²) < 4.78 is 1.36. The summed E-state index contributed by atoms with van der Waals surface area (Å²) in [5, 5.41) is 4.15. The van der Waals surface area contributed by atoms with E-state index in [1.165, 1.54) is 4.68 Å². The van der Waals surface area contributed by atoms with Crippen molar-refractivity contribution in [1.82, 2.24) is 9.78 Å². The molecule has 0 saturated heterocycles. The lowest BCUT2D eigenvalue weighted by atomic mass is 9.92. The summed E-state index contributed by atoms with van der Waals surface area (Å²) in [4.78, 5) is 11.0. The van der Waals surface area contributed by atoms with Gasteiger partial charge in [-0.25, -0.2) is 4.68 Å². The predicted molar refractivity (Wildman–Crippen MR) is 48.2 cm³/mol. The molecule has 3 heteroatoms. The van der Waals surface area contributed by atoms with Crippen molar-refractivity contribution in [2.75, 3.05) is 0 Å². The molecule has 0 fully saturated rings. The van der Waals surface area contributed by atoms with Crippen molar-refractivity contribution in [3.8, 4) is 0 Å². The van der Waals surface area contributed by atoms with Crippen molar-refractivity contribution in [1.29, 1.82) is 0 Å². The average molecular weight is 166 g/mol. The third-order valence-corrected chi connectivity index (χ3v) is 1.73. The van der Waals surface area contributed by atoms with E-state index < -0.39 is 0 Å². The molecule has 0 aromatic carbocycles. The van der Waals surface area contributed by atoms with E-state index in [0.29, 0.717) is 0 Å². The minimum atomic E-state index is -0.0667. The lowest BCUT2D eigenvalue weighted by Gasteiger charge is -2.17. The quantitative estimate of drug-likeness (QED) is 0.578. The second-order valence-corrected chi connectivity index (χ2v) is 3.93. The highest BCUT2D eigenvalue weighted by Crippen LogP contribution is 2.17. The zero-order valence-electron chi connectivity index (χ0n) is 7.96. The van der Waals surface area contributed by atoms with Crippen LogP contribution < -0.4 is 5.56 Å². The molecule has 1 rings (SSSR count). The molecule has 0 amide bonds. The summed E-state index contributed by atoms with van der Waals surface area (Å²) in [6.45, 7) is 6.21. The van der Waals surface area contributed by atoms with E-state index in [9.17, 15) is 4.79 Å². The number of aryl methyl sites for hydroxylation is 1. The molecule has 12 heavy (non-hydrogen) atoms. The number of hydrogen-bond acceptors (Lipinski definition) is 2. The largest absolute Gasteiger partial charge is 0.268 e. The maximum atomic E-state index is 11.0. The Balaban J connectivity index is 3.23. The molecule has 0 aliphatic carbocycles. The van der Waals surface area contributed by atoms with Crippen LogP contribution in [0.25, 0.3) is 0 Å². The first-order valence-electron chi connectivity index (χ1n) is 3.96. The Morgan fingerprint density at radius 2 is 1.92 bits per heavy atom. The van der Waals surface area contributed by atoms with Gasteiger partial charge < -0.3 is 0 Å². The van der Waals surface area contributed by atoms with Gasteiger partial charge in [0.25, 0.3) is 5.56 Å². The lowest BCUT2D eigenvalue weighted by Crippen LogP contribution is -2.24. The number of aromatic nitrogens is 2. The minimum absolute atomic E-state index is 0.00542.